The third-order valence-corrected chi connectivity index (χ3v) is 7.42. The number of fused-ring (bicyclic) bond motifs is 1. The lowest BCUT2D eigenvalue weighted by molar-refractivity contribution is -0.137. The van der Waals surface area contributed by atoms with Crippen LogP contribution in [0, 0.1) is 6.92 Å². The molecule has 1 amide bonds. The molecule has 224 valence electrons. The van der Waals surface area contributed by atoms with E-state index < -0.39 is 0 Å². The zero-order valence-corrected chi connectivity index (χ0v) is 25.1. The number of hydrogen-bond donors (Lipinski definition) is 0. The Morgan fingerprint density at radius 1 is 1.02 bits per heavy atom. The van der Waals surface area contributed by atoms with Crippen LogP contribution in [-0.4, -0.2) is 73.8 Å². The summed E-state index contributed by atoms with van der Waals surface area (Å²) in [6.45, 7) is 8.19. The highest BCUT2D eigenvalue weighted by molar-refractivity contribution is 5.83. The average Bonchev–Trinajstić information content (AvgIpc) is 3.03. The number of amides is 1. The summed E-state index contributed by atoms with van der Waals surface area (Å²) in [5.41, 5.74) is 3.67. The molecule has 1 aliphatic heterocycles. The first-order valence-electron chi connectivity index (χ1n) is 14.2. The largest absolute Gasteiger partial charge is 0.496 e. The van der Waals surface area contributed by atoms with E-state index >= 15 is 0 Å². The normalized spacial score (nSPS) is 13.6. The van der Waals surface area contributed by atoms with Gasteiger partial charge < -0.3 is 23.8 Å². The molecular formula is C33H36N4O6. The molecule has 1 aliphatic rings. The number of aromatic nitrogens is 2. The van der Waals surface area contributed by atoms with Gasteiger partial charge >= 0.3 is 0 Å². The molecule has 1 fully saturated rings. The van der Waals surface area contributed by atoms with Crippen molar-refractivity contribution in [3.05, 3.63) is 81.6 Å². The van der Waals surface area contributed by atoms with E-state index in [2.05, 4.69) is 18.9 Å². The van der Waals surface area contributed by atoms with Gasteiger partial charge in [-0.1, -0.05) is 26.0 Å². The zero-order chi connectivity index (χ0) is 30.5. The summed E-state index contributed by atoms with van der Waals surface area (Å²) in [5.74, 6) is 2.17. The summed E-state index contributed by atoms with van der Waals surface area (Å²) in [6.07, 6.45) is 1.58. The van der Waals surface area contributed by atoms with Crippen LogP contribution in [0.4, 0.5) is 0 Å². The van der Waals surface area contributed by atoms with Gasteiger partial charge in [-0.25, -0.2) is 4.98 Å². The zero-order valence-electron chi connectivity index (χ0n) is 25.1. The van der Waals surface area contributed by atoms with E-state index in [1.807, 2.05) is 37.3 Å². The standard InChI is InChI=1S/C33H36N4O6/c1-21(2)25-18-26(22(3)16-29(25)40-4)32-35-27-9-7-6-8-24(27)33(39)37(32)34-19-23-10-11-28(30(17-23)41-5)43-20-31(38)36-12-14-42-15-13-36/h6-11,16-19,21H,12-15,20H2,1-5H3. The SMILES string of the molecule is COc1cc(C=Nn2c(-c3cc(C(C)C)c(OC)cc3C)nc3ccccc3c2=O)ccc1OCC(=O)N1CCOCC1. The molecule has 0 saturated carbocycles. The number of ether oxygens (including phenoxy) is 4. The monoisotopic (exact) mass is 584 g/mol. The van der Waals surface area contributed by atoms with Gasteiger partial charge in [-0.3, -0.25) is 9.59 Å². The fourth-order valence-corrected chi connectivity index (χ4v) is 5.02. The molecule has 0 unspecified atom stereocenters. The number of aryl methyl sites for hydroxylation is 1. The lowest BCUT2D eigenvalue weighted by Gasteiger charge is -2.26. The van der Waals surface area contributed by atoms with Gasteiger partial charge in [-0.2, -0.15) is 9.78 Å². The summed E-state index contributed by atoms with van der Waals surface area (Å²) in [7, 11) is 3.18. The van der Waals surface area contributed by atoms with Crippen LogP contribution in [0.5, 0.6) is 17.2 Å². The summed E-state index contributed by atoms with van der Waals surface area (Å²) in [5, 5.41) is 5.08. The van der Waals surface area contributed by atoms with Gasteiger partial charge in [-0.15, -0.1) is 0 Å². The Labute approximate surface area is 250 Å². The van der Waals surface area contributed by atoms with Gasteiger partial charge in [0, 0.05) is 18.7 Å². The molecule has 5 rings (SSSR count). The predicted octanol–water partition coefficient (Wildman–Crippen LogP) is 4.63. The maximum atomic E-state index is 13.7. The van der Waals surface area contributed by atoms with Crippen LogP contribution in [-0.2, 0) is 9.53 Å². The number of benzene rings is 3. The molecule has 0 aliphatic carbocycles. The van der Waals surface area contributed by atoms with Crippen molar-refractivity contribution in [2.45, 2.75) is 26.7 Å². The third kappa shape index (κ3) is 6.39. The lowest BCUT2D eigenvalue weighted by atomic mass is 9.96. The van der Waals surface area contributed by atoms with E-state index in [0.717, 1.165) is 22.4 Å². The Kier molecular flexibility index (Phi) is 9.06. The maximum Gasteiger partial charge on any atom is 0.282 e. The number of methoxy groups -OCH3 is 2. The first-order chi connectivity index (χ1) is 20.8. The van der Waals surface area contributed by atoms with E-state index in [4.69, 9.17) is 23.9 Å². The second-order valence-electron chi connectivity index (χ2n) is 10.6. The number of nitrogens with zero attached hydrogens (tertiary/aromatic N) is 4. The minimum absolute atomic E-state index is 0.106. The molecule has 4 aromatic rings. The highest BCUT2D eigenvalue weighted by atomic mass is 16.5. The van der Waals surface area contributed by atoms with Crippen molar-refractivity contribution in [2.24, 2.45) is 5.10 Å². The predicted molar refractivity (Wildman–Crippen MR) is 166 cm³/mol. The van der Waals surface area contributed by atoms with Crippen LogP contribution < -0.4 is 19.8 Å². The van der Waals surface area contributed by atoms with Crippen LogP contribution >= 0.6 is 0 Å². The van der Waals surface area contributed by atoms with Gasteiger partial charge in [0.25, 0.3) is 11.5 Å². The van der Waals surface area contributed by atoms with Crippen molar-refractivity contribution in [2.75, 3.05) is 47.1 Å². The molecule has 43 heavy (non-hydrogen) atoms. The topological polar surface area (TPSA) is 104 Å². The quantitative estimate of drug-likeness (QED) is 0.264. The van der Waals surface area contributed by atoms with Gasteiger partial charge in [0.1, 0.15) is 5.75 Å². The Morgan fingerprint density at radius 2 is 1.77 bits per heavy atom. The van der Waals surface area contributed by atoms with E-state index in [-0.39, 0.29) is 24.0 Å². The fraction of sp³-hybridized carbons (Fsp3) is 0.333. The minimum atomic E-state index is -0.285. The molecular weight excluding hydrogens is 548 g/mol. The highest BCUT2D eigenvalue weighted by Crippen LogP contribution is 2.34. The van der Waals surface area contributed by atoms with Gasteiger partial charge in [0.15, 0.2) is 23.9 Å². The van der Waals surface area contributed by atoms with Gasteiger partial charge in [0.2, 0.25) is 0 Å². The van der Waals surface area contributed by atoms with Gasteiger partial charge in [-0.05, 0) is 72.0 Å². The molecule has 2 heterocycles. The van der Waals surface area contributed by atoms with Crippen LogP contribution in [0.1, 0.15) is 36.5 Å². The number of carbonyl (C=O) groups is 1. The summed E-state index contributed by atoms with van der Waals surface area (Å²) < 4.78 is 23.6. The van der Waals surface area contributed by atoms with E-state index in [9.17, 15) is 9.59 Å². The molecule has 0 atom stereocenters. The molecule has 1 saturated heterocycles. The smallest absolute Gasteiger partial charge is 0.282 e. The fourth-order valence-electron chi connectivity index (χ4n) is 5.02. The number of morpholine rings is 1. The highest BCUT2D eigenvalue weighted by Gasteiger charge is 2.20. The number of carbonyl (C=O) groups excluding carboxylic acids is 1. The van der Waals surface area contributed by atoms with Crippen LogP contribution in [0.3, 0.4) is 0 Å². The molecule has 0 N–H and O–H groups in total. The Balaban J connectivity index is 1.50. The Hall–Kier alpha value is -4.70. The van der Waals surface area contributed by atoms with Crippen molar-refractivity contribution in [3.63, 3.8) is 0 Å². The molecule has 3 aromatic carbocycles. The molecule has 0 bridgehead atoms. The second-order valence-corrected chi connectivity index (χ2v) is 10.6. The second kappa shape index (κ2) is 13.1. The number of hydrogen-bond acceptors (Lipinski definition) is 8. The Morgan fingerprint density at radius 3 is 2.49 bits per heavy atom. The molecule has 1 aromatic heterocycles. The van der Waals surface area contributed by atoms with Crippen molar-refractivity contribution >= 4 is 23.0 Å². The summed E-state index contributed by atoms with van der Waals surface area (Å²) in [4.78, 5) is 32.9. The van der Waals surface area contributed by atoms with Crippen molar-refractivity contribution < 1.29 is 23.7 Å². The minimum Gasteiger partial charge on any atom is -0.496 e. The molecule has 0 spiro atoms. The van der Waals surface area contributed by atoms with E-state index in [1.54, 1.807) is 42.5 Å². The van der Waals surface area contributed by atoms with Crippen LogP contribution in [0.2, 0.25) is 0 Å². The van der Waals surface area contributed by atoms with Gasteiger partial charge in [0.05, 0.1) is 44.6 Å². The first-order valence-corrected chi connectivity index (χ1v) is 14.2. The maximum absolute atomic E-state index is 13.7. The van der Waals surface area contributed by atoms with Crippen molar-refractivity contribution in [3.8, 4) is 28.6 Å². The van der Waals surface area contributed by atoms with Crippen molar-refractivity contribution in [1.29, 1.82) is 0 Å². The molecule has 10 heteroatoms. The third-order valence-electron chi connectivity index (χ3n) is 7.42. The molecule has 0 radical (unpaired) electrons. The molecule has 10 nitrogen and oxygen atoms in total. The first kappa shape index (κ1) is 29.8. The lowest BCUT2D eigenvalue weighted by Crippen LogP contribution is -2.43. The number of rotatable bonds is 9. The van der Waals surface area contributed by atoms with E-state index in [1.165, 1.54) is 11.8 Å². The van der Waals surface area contributed by atoms with Crippen molar-refractivity contribution in [1.82, 2.24) is 14.6 Å². The van der Waals surface area contributed by atoms with E-state index in [0.29, 0.717) is 60.1 Å². The van der Waals surface area contributed by atoms with Crippen LogP contribution in [0.25, 0.3) is 22.3 Å². The van der Waals surface area contributed by atoms with Crippen LogP contribution in [0.15, 0.2) is 64.5 Å². The summed E-state index contributed by atoms with van der Waals surface area (Å²) in [6, 6.07) is 16.5. The summed E-state index contributed by atoms with van der Waals surface area (Å²) >= 11 is 0. The Bertz CT molecular complexity index is 1720. The average molecular weight is 585 g/mol. The number of para-hydroxylation sites is 1.